The molecule has 0 saturated heterocycles. The lowest BCUT2D eigenvalue weighted by Crippen LogP contribution is -2.02. The Morgan fingerprint density at radius 2 is 1.58 bits per heavy atom. The van der Waals surface area contributed by atoms with Crippen LogP contribution in [0.15, 0.2) is 66.7 Å². The number of phenols is 2. The van der Waals surface area contributed by atoms with Crippen molar-refractivity contribution in [3.63, 3.8) is 0 Å². The van der Waals surface area contributed by atoms with Crippen molar-refractivity contribution in [3.8, 4) is 22.8 Å². The molecule has 0 radical (unpaired) electrons. The summed E-state index contributed by atoms with van der Waals surface area (Å²) in [5.41, 5.74) is 5.18. The Kier molecular flexibility index (Phi) is 4.09. The fourth-order valence-corrected chi connectivity index (χ4v) is 3.66. The SMILES string of the molecule is Cc1c(-c2ccc(O)cc2)n(Cc2ccccc2Cl)c2ccc(O)cc12. The first kappa shape index (κ1) is 16.6. The van der Waals surface area contributed by atoms with Crippen molar-refractivity contribution in [1.29, 1.82) is 0 Å². The third-order valence-corrected chi connectivity index (χ3v) is 5.10. The Balaban J connectivity index is 1.98. The van der Waals surface area contributed by atoms with E-state index < -0.39 is 0 Å². The van der Waals surface area contributed by atoms with Gasteiger partial charge in [-0.1, -0.05) is 29.8 Å². The van der Waals surface area contributed by atoms with Crippen LogP contribution in [0, 0.1) is 6.92 Å². The zero-order chi connectivity index (χ0) is 18.3. The van der Waals surface area contributed by atoms with Crippen LogP contribution in [0.4, 0.5) is 0 Å². The van der Waals surface area contributed by atoms with Crippen molar-refractivity contribution >= 4 is 22.5 Å². The zero-order valence-corrected chi connectivity index (χ0v) is 15.0. The molecule has 4 rings (SSSR count). The zero-order valence-electron chi connectivity index (χ0n) is 14.3. The second-order valence-electron chi connectivity index (χ2n) is 6.40. The van der Waals surface area contributed by atoms with Crippen molar-refractivity contribution in [2.75, 3.05) is 0 Å². The first-order chi connectivity index (χ1) is 12.5. The monoisotopic (exact) mass is 363 g/mol. The molecule has 0 unspecified atom stereocenters. The summed E-state index contributed by atoms with van der Waals surface area (Å²) in [4.78, 5) is 0. The molecule has 2 N–H and O–H groups in total. The van der Waals surface area contributed by atoms with Crippen molar-refractivity contribution < 1.29 is 10.2 Å². The molecule has 0 fully saturated rings. The Morgan fingerprint density at radius 3 is 2.31 bits per heavy atom. The average molecular weight is 364 g/mol. The molecule has 1 heterocycles. The van der Waals surface area contributed by atoms with Gasteiger partial charge in [0.25, 0.3) is 0 Å². The van der Waals surface area contributed by atoms with E-state index in [-0.39, 0.29) is 11.5 Å². The van der Waals surface area contributed by atoms with E-state index >= 15 is 0 Å². The molecule has 0 aliphatic carbocycles. The number of halogens is 1. The lowest BCUT2D eigenvalue weighted by Gasteiger charge is -2.13. The molecule has 3 aromatic carbocycles. The van der Waals surface area contributed by atoms with Gasteiger partial charge in [0.2, 0.25) is 0 Å². The van der Waals surface area contributed by atoms with Crippen LogP contribution in [0.1, 0.15) is 11.1 Å². The predicted octanol–water partition coefficient (Wildman–Crippen LogP) is 5.73. The van der Waals surface area contributed by atoms with E-state index in [2.05, 4.69) is 4.57 Å². The third kappa shape index (κ3) is 2.80. The molecule has 26 heavy (non-hydrogen) atoms. The average Bonchev–Trinajstić information content (AvgIpc) is 2.89. The summed E-state index contributed by atoms with van der Waals surface area (Å²) in [6.45, 7) is 2.66. The fourth-order valence-electron chi connectivity index (χ4n) is 3.46. The largest absolute Gasteiger partial charge is 0.508 e. The van der Waals surface area contributed by atoms with Crippen molar-refractivity contribution in [2.45, 2.75) is 13.5 Å². The summed E-state index contributed by atoms with van der Waals surface area (Å²) in [5, 5.41) is 21.3. The second-order valence-corrected chi connectivity index (χ2v) is 6.81. The highest BCUT2D eigenvalue weighted by atomic mass is 35.5. The third-order valence-electron chi connectivity index (χ3n) is 4.73. The molecule has 130 valence electrons. The van der Waals surface area contributed by atoms with E-state index in [1.807, 2.05) is 49.4 Å². The van der Waals surface area contributed by atoms with E-state index in [9.17, 15) is 10.2 Å². The second kappa shape index (κ2) is 6.43. The summed E-state index contributed by atoms with van der Waals surface area (Å²) in [6.07, 6.45) is 0. The fraction of sp³-hybridized carbons (Fsp3) is 0.0909. The van der Waals surface area contributed by atoms with Crippen LogP contribution in [-0.2, 0) is 6.54 Å². The number of hydrogen-bond acceptors (Lipinski definition) is 2. The lowest BCUT2D eigenvalue weighted by molar-refractivity contribution is 0.475. The molecule has 0 spiro atoms. The van der Waals surface area contributed by atoms with E-state index in [1.54, 1.807) is 24.3 Å². The number of aromatic nitrogens is 1. The Morgan fingerprint density at radius 1 is 0.885 bits per heavy atom. The number of fused-ring (bicyclic) bond motifs is 1. The summed E-state index contributed by atoms with van der Waals surface area (Å²) >= 11 is 6.39. The van der Waals surface area contributed by atoms with Gasteiger partial charge in [-0.3, -0.25) is 0 Å². The first-order valence-electron chi connectivity index (χ1n) is 8.39. The van der Waals surface area contributed by atoms with Gasteiger partial charge in [-0.25, -0.2) is 0 Å². The minimum Gasteiger partial charge on any atom is -0.508 e. The Bertz CT molecular complexity index is 1100. The molecule has 0 atom stereocenters. The predicted molar refractivity (Wildman–Crippen MR) is 106 cm³/mol. The van der Waals surface area contributed by atoms with Gasteiger partial charge in [0, 0.05) is 22.5 Å². The molecule has 3 nitrogen and oxygen atoms in total. The van der Waals surface area contributed by atoms with Crippen molar-refractivity contribution in [3.05, 3.63) is 82.9 Å². The molecule has 4 heteroatoms. The van der Waals surface area contributed by atoms with E-state index in [4.69, 9.17) is 11.6 Å². The maximum Gasteiger partial charge on any atom is 0.116 e. The molecular formula is C22H18ClNO2. The van der Waals surface area contributed by atoms with Crippen LogP contribution in [0.2, 0.25) is 5.02 Å². The molecule has 0 aliphatic rings. The van der Waals surface area contributed by atoms with E-state index in [0.29, 0.717) is 6.54 Å². The van der Waals surface area contributed by atoms with Gasteiger partial charge < -0.3 is 14.8 Å². The molecule has 0 aliphatic heterocycles. The number of rotatable bonds is 3. The molecule has 0 saturated carbocycles. The van der Waals surface area contributed by atoms with Gasteiger partial charge in [-0.05, 0) is 72.1 Å². The summed E-state index contributed by atoms with van der Waals surface area (Å²) in [7, 11) is 0. The van der Waals surface area contributed by atoms with Crippen LogP contribution in [-0.4, -0.2) is 14.8 Å². The smallest absolute Gasteiger partial charge is 0.116 e. The summed E-state index contributed by atoms with van der Waals surface area (Å²) < 4.78 is 2.21. The van der Waals surface area contributed by atoms with Crippen molar-refractivity contribution in [2.24, 2.45) is 0 Å². The number of benzene rings is 3. The van der Waals surface area contributed by atoms with Gasteiger partial charge in [-0.15, -0.1) is 0 Å². The highest BCUT2D eigenvalue weighted by Gasteiger charge is 2.17. The topological polar surface area (TPSA) is 45.4 Å². The van der Waals surface area contributed by atoms with Gasteiger partial charge in [0.1, 0.15) is 11.5 Å². The molecule has 0 amide bonds. The van der Waals surface area contributed by atoms with Crippen LogP contribution in [0.5, 0.6) is 11.5 Å². The molecule has 1 aromatic heterocycles. The number of aryl methyl sites for hydroxylation is 1. The first-order valence-corrected chi connectivity index (χ1v) is 8.77. The minimum atomic E-state index is 0.234. The highest BCUT2D eigenvalue weighted by Crippen LogP contribution is 2.36. The van der Waals surface area contributed by atoms with Crippen molar-refractivity contribution in [1.82, 2.24) is 4.57 Å². The van der Waals surface area contributed by atoms with Crippen LogP contribution < -0.4 is 0 Å². The van der Waals surface area contributed by atoms with Gasteiger partial charge in [0.05, 0.1) is 5.69 Å². The number of nitrogens with zero attached hydrogens (tertiary/aromatic N) is 1. The van der Waals surface area contributed by atoms with Crippen LogP contribution >= 0.6 is 11.6 Å². The number of hydrogen-bond donors (Lipinski definition) is 2. The summed E-state index contributed by atoms with van der Waals surface area (Å²) in [5.74, 6) is 0.477. The molecule has 4 aromatic rings. The highest BCUT2D eigenvalue weighted by molar-refractivity contribution is 6.31. The lowest BCUT2D eigenvalue weighted by atomic mass is 10.1. The Labute approximate surface area is 156 Å². The molecule has 0 bridgehead atoms. The summed E-state index contributed by atoms with van der Waals surface area (Å²) in [6, 6.07) is 20.4. The normalized spacial score (nSPS) is 11.2. The van der Waals surface area contributed by atoms with Crippen LogP contribution in [0.3, 0.4) is 0 Å². The standard InChI is InChI=1S/C22H18ClNO2/c1-14-19-12-18(26)10-11-21(19)24(13-16-4-2-3-5-20(16)23)22(14)15-6-8-17(25)9-7-15/h2-12,25-26H,13H2,1H3. The van der Waals surface area contributed by atoms with Crippen LogP contribution in [0.25, 0.3) is 22.2 Å². The van der Waals surface area contributed by atoms with E-state index in [0.717, 1.165) is 38.3 Å². The van der Waals surface area contributed by atoms with Gasteiger partial charge in [0.15, 0.2) is 0 Å². The number of aromatic hydroxyl groups is 2. The van der Waals surface area contributed by atoms with Gasteiger partial charge >= 0.3 is 0 Å². The quantitative estimate of drug-likeness (QED) is 0.488. The molecular weight excluding hydrogens is 346 g/mol. The maximum absolute atomic E-state index is 9.93. The minimum absolute atomic E-state index is 0.234. The Hall–Kier alpha value is -2.91. The van der Waals surface area contributed by atoms with Gasteiger partial charge in [-0.2, -0.15) is 0 Å². The van der Waals surface area contributed by atoms with E-state index in [1.165, 1.54) is 0 Å². The number of phenolic OH excluding ortho intramolecular Hbond substituents is 2. The maximum atomic E-state index is 9.93.